The van der Waals surface area contributed by atoms with Crippen molar-refractivity contribution < 1.29 is 19.2 Å². The highest BCUT2D eigenvalue weighted by molar-refractivity contribution is 5.81. The fraction of sp³-hybridized carbons (Fsp3) is 0.615. The van der Waals surface area contributed by atoms with Crippen molar-refractivity contribution in [2.45, 2.75) is 6.92 Å². The number of carbonyl (C=O) groups excluding carboxylic acids is 1. The number of ether oxygens (including phenoxy) is 2. The van der Waals surface area contributed by atoms with Crippen LogP contribution in [0.3, 0.4) is 0 Å². The topological polar surface area (TPSA) is 43.2 Å². The lowest BCUT2D eigenvalue weighted by Gasteiger charge is -2.30. The number of hydrogen-bond donors (Lipinski definition) is 1. The van der Waals surface area contributed by atoms with Gasteiger partial charge in [-0.15, -0.1) is 0 Å². The number of rotatable bonds is 6. The van der Waals surface area contributed by atoms with Crippen LogP contribution in [-0.2, 0) is 14.3 Å². The van der Waals surface area contributed by atoms with E-state index >= 15 is 0 Å². The normalized spacial score (nSPS) is 18.4. The average molecular weight is 255 g/mol. The number of piperazine rings is 1. The van der Waals surface area contributed by atoms with Crippen molar-refractivity contribution in [2.24, 2.45) is 0 Å². The Hall–Kier alpha value is -1.33. The molecule has 0 aliphatic carbocycles. The third-order valence-corrected chi connectivity index (χ3v) is 3.14. The summed E-state index contributed by atoms with van der Waals surface area (Å²) in [7, 11) is 1.49. The van der Waals surface area contributed by atoms with Gasteiger partial charge < -0.3 is 14.4 Å². The van der Waals surface area contributed by atoms with Gasteiger partial charge in [0.1, 0.15) is 6.54 Å². The quantitative estimate of drug-likeness (QED) is 0.392. The Morgan fingerprint density at radius 3 is 2.61 bits per heavy atom. The van der Waals surface area contributed by atoms with E-state index in [9.17, 15) is 4.79 Å². The molecule has 0 aromatic rings. The summed E-state index contributed by atoms with van der Waals surface area (Å²) in [6, 6.07) is 0. The minimum atomic E-state index is -0.492. The maximum Gasteiger partial charge on any atom is 0.337 e. The molecule has 1 fully saturated rings. The number of carbonyl (C=O) groups is 1. The summed E-state index contributed by atoms with van der Waals surface area (Å²) in [5.74, 6) is -0.237. The molecular formula is C13H23N2O3+. The predicted molar refractivity (Wildman–Crippen MR) is 69.1 cm³/mol. The van der Waals surface area contributed by atoms with Gasteiger partial charge >= 0.3 is 5.97 Å². The van der Waals surface area contributed by atoms with E-state index in [-0.39, 0.29) is 5.95 Å². The zero-order valence-corrected chi connectivity index (χ0v) is 11.3. The van der Waals surface area contributed by atoms with Crippen LogP contribution in [0.15, 0.2) is 24.7 Å². The molecule has 0 spiro atoms. The number of esters is 1. The number of quaternary nitrogens is 1. The van der Waals surface area contributed by atoms with E-state index < -0.39 is 5.97 Å². The number of nitrogens with zero attached hydrogens (tertiary/aromatic N) is 1. The molecule has 1 rings (SSSR count). The minimum Gasteiger partial charge on any atom is -0.468 e. The largest absolute Gasteiger partial charge is 0.468 e. The van der Waals surface area contributed by atoms with E-state index in [4.69, 9.17) is 9.47 Å². The molecule has 1 saturated heterocycles. The molecule has 0 aromatic carbocycles. The second kappa shape index (κ2) is 7.89. The Kier molecular flexibility index (Phi) is 6.46. The summed E-state index contributed by atoms with van der Waals surface area (Å²) in [4.78, 5) is 14.9. The van der Waals surface area contributed by atoms with Crippen LogP contribution in [-0.4, -0.2) is 57.2 Å². The summed E-state index contributed by atoms with van der Waals surface area (Å²) in [6.45, 7) is 11.9. The van der Waals surface area contributed by atoms with Gasteiger partial charge in [0.15, 0.2) is 0 Å². The molecule has 0 saturated carbocycles. The summed E-state index contributed by atoms with van der Waals surface area (Å²) < 4.78 is 9.94. The average Bonchev–Trinajstić information content (AvgIpc) is 2.43. The lowest BCUT2D eigenvalue weighted by molar-refractivity contribution is -0.898. The molecule has 5 heteroatoms. The molecule has 102 valence electrons. The molecule has 0 amide bonds. The Bertz CT molecular complexity index is 307. The van der Waals surface area contributed by atoms with Gasteiger partial charge in [-0.2, -0.15) is 0 Å². The van der Waals surface area contributed by atoms with E-state index in [2.05, 4.69) is 18.4 Å². The van der Waals surface area contributed by atoms with Crippen LogP contribution >= 0.6 is 0 Å². The van der Waals surface area contributed by atoms with Crippen molar-refractivity contribution in [3.8, 4) is 0 Å². The highest BCUT2D eigenvalue weighted by Crippen LogP contribution is 1.98. The van der Waals surface area contributed by atoms with Gasteiger partial charge in [0, 0.05) is 19.2 Å². The number of likely N-dealkylation sites (N-methyl/N-ethyl adjacent to an activating group) is 1. The van der Waals surface area contributed by atoms with Crippen molar-refractivity contribution in [2.75, 3.05) is 46.4 Å². The molecular weight excluding hydrogens is 232 g/mol. The molecule has 0 radical (unpaired) electrons. The van der Waals surface area contributed by atoms with E-state index in [1.807, 2.05) is 6.08 Å². The molecule has 1 N–H and O–H groups in total. The van der Waals surface area contributed by atoms with E-state index in [1.165, 1.54) is 12.0 Å². The third kappa shape index (κ3) is 4.89. The van der Waals surface area contributed by atoms with Crippen molar-refractivity contribution in [1.29, 1.82) is 0 Å². The van der Waals surface area contributed by atoms with Crippen molar-refractivity contribution in [3.05, 3.63) is 24.7 Å². The fourth-order valence-electron chi connectivity index (χ4n) is 1.92. The Morgan fingerprint density at radius 2 is 2.11 bits per heavy atom. The maximum absolute atomic E-state index is 11.0. The van der Waals surface area contributed by atoms with Gasteiger partial charge in [-0.1, -0.05) is 13.5 Å². The van der Waals surface area contributed by atoms with Crippen LogP contribution < -0.4 is 4.90 Å². The zero-order valence-electron chi connectivity index (χ0n) is 11.3. The number of methoxy groups -OCH3 is 1. The monoisotopic (exact) mass is 255 g/mol. The van der Waals surface area contributed by atoms with E-state index in [1.54, 1.807) is 0 Å². The number of nitrogens with one attached hydrogen (secondary N) is 1. The summed E-state index contributed by atoms with van der Waals surface area (Å²) in [5, 5.41) is 0. The molecule has 5 nitrogen and oxygen atoms in total. The molecule has 0 unspecified atom stereocenters. The van der Waals surface area contributed by atoms with Crippen LogP contribution in [0.2, 0.25) is 0 Å². The first kappa shape index (κ1) is 14.7. The Labute approximate surface area is 109 Å². The third-order valence-electron chi connectivity index (χ3n) is 3.14. The smallest absolute Gasteiger partial charge is 0.337 e. The highest BCUT2D eigenvalue weighted by Gasteiger charge is 2.17. The highest BCUT2D eigenvalue weighted by atomic mass is 16.7. The predicted octanol–water partition coefficient (Wildman–Crippen LogP) is -0.576. The lowest BCUT2D eigenvalue weighted by Crippen LogP contribution is -3.14. The number of hydrogen-bond acceptors (Lipinski definition) is 4. The first-order chi connectivity index (χ1) is 8.69. The van der Waals surface area contributed by atoms with E-state index in [0.29, 0.717) is 0 Å². The van der Waals surface area contributed by atoms with Gasteiger partial charge in [0.2, 0.25) is 0 Å². The van der Waals surface area contributed by atoms with Gasteiger partial charge in [-0.3, -0.25) is 4.90 Å². The minimum absolute atomic E-state index is 0.255. The molecule has 1 aliphatic rings. The molecule has 18 heavy (non-hydrogen) atoms. The van der Waals surface area contributed by atoms with Crippen molar-refractivity contribution in [1.82, 2.24) is 4.90 Å². The first-order valence-electron chi connectivity index (χ1n) is 6.34. The second-order valence-electron chi connectivity index (χ2n) is 4.24. The van der Waals surface area contributed by atoms with Crippen LogP contribution in [0.25, 0.3) is 0 Å². The van der Waals surface area contributed by atoms with E-state index in [0.717, 1.165) is 45.3 Å². The fourth-order valence-corrected chi connectivity index (χ4v) is 1.92. The molecule has 1 aliphatic heterocycles. The molecule has 0 atom stereocenters. The SMILES string of the molecule is C=CC(=O)OC(=CC[NH+]1CCN(CC)CC1)OC. The maximum atomic E-state index is 11.0. The summed E-state index contributed by atoms with van der Waals surface area (Å²) in [5.41, 5.74) is 0. The zero-order chi connectivity index (χ0) is 13.4. The molecule has 0 bridgehead atoms. The van der Waals surface area contributed by atoms with Gasteiger partial charge in [0.05, 0.1) is 26.3 Å². The summed E-state index contributed by atoms with van der Waals surface area (Å²) >= 11 is 0. The van der Waals surface area contributed by atoms with Crippen LogP contribution in [0, 0.1) is 0 Å². The van der Waals surface area contributed by atoms with Crippen LogP contribution in [0.5, 0.6) is 0 Å². The Morgan fingerprint density at radius 1 is 1.44 bits per heavy atom. The molecule has 1 heterocycles. The lowest BCUT2D eigenvalue weighted by atomic mass is 10.3. The summed E-state index contributed by atoms with van der Waals surface area (Å²) in [6.07, 6.45) is 2.94. The van der Waals surface area contributed by atoms with Gasteiger partial charge in [0.25, 0.3) is 5.95 Å². The second-order valence-corrected chi connectivity index (χ2v) is 4.24. The standard InChI is InChI=1S/C13H22N2O3/c1-4-12(16)18-13(17-3)6-7-15-10-8-14(5-2)9-11-15/h4,6H,1,5,7-11H2,2-3H3/p+1. The van der Waals surface area contributed by atoms with Crippen LogP contribution in [0.1, 0.15) is 6.92 Å². The van der Waals surface area contributed by atoms with Crippen LogP contribution in [0.4, 0.5) is 0 Å². The van der Waals surface area contributed by atoms with Gasteiger partial charge in [-0.25, -0.2) is 4.79 Å². The first-order valence-corrected chi connectivity index (χ1v) is 6.34. The van der Waals surface area contributed by atoms with Crippen molar-refractivity contribution in [3.63, 3.8) is 0 Å². The van der Waals surface area contributed by atoms with Gasteiger partial charge in [-0.05, 0) is 6.54 Å². The van der Waals surface area contributed by atoms with Crippen molar-refractivity contribution >= 4 is 5.97 Å². The Balaban J connectivity index is 2.37. The molecule has 0 aromatic heterocycles.